The molecule has 0 fully saturated rings. The molecule has 1 aromatic carbocycles. The Hall–Kier alpha value is -4.19. The number of carbonyl (C=O) groups is 1. The van der Waals surface area contributed by atoms with E-state index in [0.29, 0.717) is 11.3 Å². The Morgan fingerprint density at radius 2 is 2.14 bits per heavy atom. The predicted octanol–water partition coefficient (Wildman–Crippen LogP) is 3.07. The molecule has 1 N–H and O–H groups in total. The van der Waals surface area contributed by atoms with E-state index in [0.717, 1.165) is 27.8 Å². The maximum Gasteiger partial charge on any atom is 0.290 e. The van der Waals surface area contributed by atoms with Crippen LogP contribution in [-0.2, 0) is 24.8 Å². The Bertz CT molecular complexity index is 1620. The van der Waals surface area contributed by atoms with E-state index < -0.39 is 37.1 Å². The molecule has 0 unspecified atom stereocenters. The summed E-state index contributed by atoms with van der Waals surface area (Å²) in [5, 5.41) is 6.64. The van der Waals surface area contributed by atoms with E-state index in [9.17, 15) is 13.6 Å². The third-order valence-corrected chi connectivity index (χ3v) is 5.58. The number of nitrogens with one attached hydrogen (secondary N) is 1. The largest absolute Gasteiger partial charge is 0.382 e. The molecule has 0 saturated heterocycles. The molecule has 1 aliphatic rings. The quantitative estimate of drug-likeness (QED) is 0.417. The topological polar surface area (TPSA) is 103 Å². The fraction of sp³-hybridized carbons (Fsp3) is 0.292. The number of nitrogens with zero attached hydrogens (tertiary/aromatic N) is 7. The highest BCUT2D eigenvalue weighted by Crippen LogP contribution is 2.27. The Balaban J connectivity index is 1.51. The SMILES string of the molecule is [2H]C([2H])(c1ccc(F)c(F)c1)N1C(=O)c2nc(-c3nc(Nc4ccnn4C([2H])([2H])[2H])ncc3C)cn2C[C@@H]1COC. The van der Waals surface area contributed by atoms with Crippen molar-refractivity contribution in [2.45, 2.75) is 26.0 Å². The lowest BCUT2D eigenvalue weighted by Crippen LogP contribution is -2.49. The summed E-state index contributed by atoms with van der Waals surface area (Å²) in [4.78, 5) is 27.7. The number of carbonyl (C=O) groups excluding carboxylic acids is 1. The van der Waals surface area contributed by atoms with Gasteiger partial charge in [0, 0.05) is 49.7 Å². The second-order valence-electron chi connectivity index (χ2n) is 8.11. The highest BCUT2D eigenvalue weighted by Gasteiger charge is 2.35. The summed E-state index contributed by atoms with van der Waals surface area (Å²) in [7, 11) is 1.40. The number of benzene rings is 1. The summed E-state index contributed by atoms with van der Waals surface area (Å²) in [5.74, 6) is -3.06. The van der Waals surface area contributed by atoms with Gasteiger partial charge in [-0.2, -0.15) is 5.10 Å². The van der Waals surface area contributed by atoms with Crippen molar-refractivity contribution in [3.63, 3.8) is 0 Å². The zero-order valence-electron chi connectivity index (χ0n) is 24.2. The molecule has 4 heterocycles. The Morgan fingerprint density at radius 1 is 1.28 bits per heavy atom. The van der Waals surface area contributed by atoms with Crippen LogP contribution in [0.3, 0.4) is 0 Å². The summed E-state index contributed by atoms with van der Waals surface area (Å²) in [6.45, 7) is -3.27. The zero-order chi connectivity index (χ0) is 29.7. The van der Waals surface area contributed by atoms with Crippen LogP contribution in [0.4, 0.5) is 20.5 Å². The summed E-state index contributed by atoms with van der Waals surface area (Å²) in [6.07, 6.45) is 4.41. The van der Waals surface area contributed by atoms with Crippen molar-refractivity contribution in [1.29, 1.82) is 0 Å². The van der Waals surface area contributed by atoms with Crippen molar-refractivity contribution in [1.82, 2.24) is 34.2 Å². The van der Waals surface area contributed by atoms with E-state index >= 15 is 0 Å². The molecule has 1 atom stereocenters. The van der Waals surface area contributed by atoms with Gasteiger partial charge in [0.25, 0.3) is 5.91 Å². The van der Waals surface area contributed by atoms with Gasteiger partial charge in [-0.15, -0.1) is 0 Å². The Kier molecular flexibility index (Phi) is 4.76. The molecule has 186 valence electrons. The summed E-state index contributed by atoms with van der Waals surface area (Å²) in [5.41, 5.74) is 0.984. The van der Waals surface area contributed by atoms with Crippen LogP contribution >= 0.6 is 0 Å². The fourth-order valence-electron chi connectivity index (χ4n) is 3.86. The molecule has 0 spiro atoms. The lowest BCUT2D eigenvalue weighted by atomic mass is 10.1. The molecule has 1 amide bonds. The average Bonchev–Trinajstić information content (AvgIpc) is 3.54. The number of ether oxygens (including phenoxy) is 1. The maximum atomic E-state index is 14.0. The number of aryl methyl sites for hydroxylation is 2. The lowest BCUT2D eigenvalue weighted by molar-refractivity contribution is 0.0379. The first-order chi connectivity index (χ1) is 19.3. The van der Waals surface area contributed by atoms with E-state index in [4.69, 9.17) is 11.6 Å². The first kappa shape index (κ1) is 18.1. The molecular weight excluding hydrogens is 470 g/mol. The molecule has 10 nitrogen and oxygen atoms in total. The van der Waals surface area contributed by atoms with Crippen molar-refractivity contribution in [3.8, 4) is 11.4 Å². The number of rotatable bonds is 7. The van der Waals surface area contributed by atoms with Crippen LogP contribution in [0.25, 0.3) is 11.4 Å². The van der Waals surface area contributed by atoms with Gasteiger partial charge in [-0.25, -0.2) is 23.7 Å². The van der Waals surface area contributed by atoms with Crippen molar-refractivity contribution >= 4 is 17.7 Å². The van der Waals surface area contributed by atoms with Crippen molar-refractivity contribution in [3.05, 3.63) is 71.4 Å². The highest BCUT2D eigenvalue weighted by molar-refractivity contribution is 5.92. The van der Waals surface area contributed by atoms with Crippen LogP contribution in [0.1, 0.15) is 28.6 Å². The number of halogens is 2. The number of hydrogen-bond donors (Lipinski definition) is 1. The average molecular weight is 500 g/mol. The van der Waals surface area contributed by atoms with Gasteiger partial charge in [-0.1, -0.05) is 6.07 Å². The molecule has 1 aliphatic heterocycles. The van der Waals surface area contributed by atoms with Crippen LogP contribution in [0, 0.1) is 18.6 Å². The van der Waals surface area contributed by atoms with E-state index in [1.807, 2.05) is 0 Å². The van der Waals surface area contributed by atoms with Crippen molar-refractivity contribution < 1.29 is 25.2 Å². The molecule has 5 rings (SSSR count). The van der Waals surface area contributed by atoms with Crippen LogP contribution < -0.4 is 5.32 Å². The minimum atomic E-state index is -2.53. The number of methoxy groups -OCH3 is 1. The first-order valence-electron chi connectivity index (χ1n) is 13.3. The lowest BCUT2D eigenvalue weighted by Gasteiger charge is -2.35. The Morgan fingerprint density at radius 3 is 2.92 bits per heavy atom. The van der Waals surface area contributed by atoms with Gasteiger partial charge < -0.3 is 19.5 Å². The molecule has 0 bridgehead atoms. The second-order valence-corrected chi connectivity index (χ2v) is 8.11. The molecule has 0 radical (unpaired) electrons. The fourth-order valence-corrected chi connectivity index (χ4v) is 3.86. The standard InChI is InChI=1S/C24H24F2N8O2/c1-14-9-27-24(30-20-6-7-28-32(20)2)31-21(14)19-12-33-11-16(13-36-3)34(23(35)22(33)29-19)10-15-4-5-17(25)18(26)8-15/h4-9,12,16H,10-11,13H2,1-3H3,(H,27,30,31)/t16-/m1/s1/i2D3,10D2. The van der Waals surface area contributed by atoms with Gasteiger partial charge in [0.2, 0.25) is 5.95 Å². The summed E-state index contributed by atoms with van der Waals surface area (Å²) < 4.78 is 75.4. The number of amides is 1. The van der Waals surface area contributed by atoms with E-state index in [1.54, 1.807) is 17.7 Å². The molecule has 0 aliphatic carbocycles. The van der Waals surface area contributed by atoms with Crippen LogP contribution in [-0.4, -0.2) is 59.9 Å². The molecule has 4 aromatic rings. The molecule has 0 saturated carbocycles. The molecule has 36 heavy (non-hydrogen) atoms. The van der Waals surface area contributed by atoms with Crippen LogP contribution in [0.5, 0.6) is 0 Å². The Labute approximate surface area is 212 Å². The number of fused-ring (bicyclic) bond motifs is 1. The van der Waals surface area contributed by atoms with Gasteiger partial charge in [-0.3, -0.25) is 9.48 Å². The minimum absolute atomic E-state index is 0.0420. The van der Waals surface area contributed by atoms with Gasteiger partial charge >= 0.3 is 0 Å². The number of aromatic nitrogens is 6. The zero-order valence-corrected chi connectivity index (χ0v) is 19.2. The van der Waals surface area contributed by atoms with E-state index in [1.165, 1.54) is 25.6 Å². The molecule has 12 heteroatoms. The monoisotopic (exact) mass is 499 g/mol. The minimum Gasteiger partial charge on any atom is -0.382 e. The normalized spacial score (nSPS) is 18.1. The molecule has 3 aromatic heterocycles. The first-order valence-corrected chi connectivity index (χ1v) is 10.8. The van der Waals surface area contributed by atoms with Gasteiger partial charge in [0.05, 0.1) is 27.3 Å². The summed E-state index contributed by atoms with van der Waals surface area (Å²) >= 11 is 0. The highest BCUT2D eigenvalue weighted by atomic mass is 19.2. The third kappa shape index (κ3) is 4.42. The van der Waals surface area contributed by atoms with Gasteiger partial charge in [-0.05, 0) is 30.2 Å². The van der Waals surface area contributed by atoms with E-state index in [-0.39, 0.29) is 42.0 Å². The van der Waals surface area contributed by atoms with Crippen molar-refractivity contribution in [2.75, 3.05) is 19.0 Å². The van der Waals surface area contributed by atoms with Gasteiger partial charge in [0.1, 0.15) is 11.5 Å². The second kappa shape index (κ2) is 9.46. The maximum absolute atomic E-state index is 14.0. The van der Waals surface area contributed by atoms with Crippen LogP contribution in [0.2, 0.25) is 0 Å². The van der Waals surface area contributed by atoms with Crippen molar-refractivity contribution in [2.24, 2.45) is 6.98 Å². The smallest absolute Gasteiger partial charge is 0.290 e. The number of imidazole rings is 1. The predicted molar refractivity (Wildman–Crippen MR) is 126 cm³/mol. The molecular formula is C24H24F2N8O2. The third-order valence-electron chi connectivity index (χ3n) is 5.58. The number of anilines is 2. The summed E-state index contributed by atoms with van der Waals surface area (Å²) in [6, 6.07) is 3.24. The van der Waals surface area contributed by atoms with Crippen LogP contribution in [0.15, 0.2) is 42.9 Å². The number of hydrogen-bond acceptors (Lipinski definition) is 7. The van der Waals surface area contributed by atoms with Gasteiger partial charge in [0.15, 0.2) is 17.5 Å². The van der Waals surface area contributed by atoms with E-state index in [2.05, 4.69) is 25.4 Å².